The lowest BCUT2D eigenvalue weighted by Crippen LogP contribution is -2.35. The van der Waals surface area contributed by atoms with Crippen LogP contribution in [-0.4, -0.2) is 57.9 Å². The van der Waals surface area contributed by atoms with Crippen LogP contribution in [0.15, 0.2) is 0 Å². The number of ether oxygens (including phenoxy) is 2. The fourth-order valence-electron chi connectivity index (χ4n) is 1.37. The zero-order valence-corrected chi connectivity index (χ0v) is 10.4. The Balaban J connectivity index is 3.88. The van der Waals surface area contributed by atoms with Crippen molar-refractivity contribution in [2.75, 3.05) is 47.1 Å². The van der Waals surface area contributed by atoms with Crippen LogP contribution in [0, 0.1) is 0 Å². The highest BCUT2D eigenvalue weighted by molar-refractivity contribution is 5.76. The highest BCUT2D eigenvalue weighted by atomic mass is 16.5. The third-order valence-electron chi connectivity index (χ3n) is 2.29. The van der Waals surface area contributed by atoms with E-state index in [0.717, 1.165) is 12.8 Å². The standard InChI is InChI=1S/C11H24N2O3/c1-15-9-3-5-11(14)13(7-4-6-12)8-10-16-2/h3-10,12H2,1-2H3. The Morgan fingerprint density at radius 3 is 2.38 bits per heavy atom. The topological polar surface area (TPSA) is 64.8 Å². The van der Waals surface area contributed by atoms with Crippen molar-refractivity contribution in [1.82, 2.24) is 4.90 Å². The van der Waals surface area contributed by atoms with E-state index < -0.39 is 0 Å². The van der Waals surface area contributed by atoms with Gasteiger partial charge in [0, 0.05) is 40.3 Å². The molecule has 16 heavy (non-hydrogen) atoms. The Labute approximate surface area is 97.9 Å². The number of nitrogens with two attached hydrogens (primary N) is 1. The molecule has 0 aliphatic rings. The van der Waals surface area contributed by atoms with Gasteiger partial charge in [-0.2, -0.15) is 0 Å². The molecule has 0 aliphatic heterocycles. The molecule has 1 amide bonds. The number of methoxy groups -OCH3 is 2. The van der Waals surface area contributed by atoms with Crippen LogP contribution >= 0.6 is 0 Å². The van der Waals surface area contributed by atoms with Crippen molar-refractivity contribution in [2.45, 2.75) is 19.3 Å². The first kappa shape index (κ1) is 15.3. The Hall–Kier alpha value is -0.650. The summed E-state index contributed by atoms with van der Waals surface area (Å²) in [5.41, 5.74) is 5.44. The first-order valence-electron chi connectivity index (χ1n) is 5.72. The van der Waals surface area contributed by atoms with Crippen LogP contribution in [0.1, 0.15) is 19.3 Å². The molecule has 0 aromatic rings. The highest BCUT2D eigenvalue weighted by Crippen LogP contribution is 2.00. The van der Waals surface area contributed by atoms with Crippen molar-refractivity contribution in [1.29, 1.82) is 0 Å². The van der Waals surface area contributed by atoms with E-state index in [1.165, 1.54) is 0 Å². The second-order valence-corrected chi connectivity index (χ2v) is 3.61. The SMILES string of the molecule is COCCCC(=O)N(CCCN)CCOC. The van der Waals surface area contributed by atoms with Gasteiger partial charge in [-0.15, -0.1) is 0 Å². The molecule has 0 saturated carbocycles. The molecule has 0 heterocycles. The molecule has 0 aliphatic carbocycles. The molecule has 0 saturated heterocycles. The zero-order chi connectivity index (χ0) is 12.2. The number of hydrogen-bond acceptors (Lipinski definition) is 4. The zero-order valence-electron chi connectivity index (χ0n) is 10.4. The summed E-state index contributed by atoms with van der Waals surface area (Å²) >= 11 is 0. The van der Waals surface area contributed by atoms with Gasteiger partial charge < -0.3 is 20.1 Å². The Morgan fingerprint density at radius 2 is 1.81 bits per heavy atom. The van der Waals surface area contributed by atoms with Gasteiger partial charge in [-0.25, -0.2) is 0 Å². The lowest BCUT2D eigenvalue weighted by molar-refractivity contribution is -0.132. The average Bonchev–Trinajstić information content (AvgIpc) is 2.29. The molecule has 0 radical (unpaired) electrons. The maximum Gasteiger partial charge on any atom is 0.222 e. The largest absolute Gasteiger partial charge is 0.385 e. The Morgan fingerprint density at radius 1 is 1.12 bits per heavy atom. The van der Waals surface area contributed by atoms with Crippen LogP contribution in [0.5, 0.6) is 0 Å². The van der Waals surface area contributed by atoms with Gasteiger partial charge in [-0.1, -0.05) is 0 Å². The number of nitrogens with zero attached hydrogens (tertiary/aromatic N) is 1. The summed E-state index contributed by atoms with van der Waals surface area (Å²) < 4.78 is 9.90. The minimum atomic E-state index is 0.155. The van der Waals surface area contributed by atoms with Gasteiger partial charge in [0.15, 0.2) is 0 Å². The summed E-state index contributed by atoms with van der Waals surface area (Å²) in [4.78, 5) is 13.6. The first-order valence-corrected chi connectivity index (χ1v) is 5.72. The second kappa shape index (κ2) is 10.9. The summed E-state index contributed by atoms with van der Waals surface area (Å²) in [5, 5.41) is 0. The van der Waals surface area contributed by atoms with Crippen molar-refractivity contribution < 1.29 is 14.3 Å². The minimum Gasteiger partial charge on any atom is -0.385 e. The summed E-state index contributed by atoms with van der Waals surface area (Å²) in [6.07, 6.45) is 2.13. The van der Waals surface area contributed by atoms with Gasteiger partial charge in [-0.05, 0) is 19.4 Å². The quantitative estimate of drug-likeness (QED) is 0.548. The minimum absolute atomic E-state index is 0.155. The fourth-order valence-corrected chi connectivity index (χ4v) is 1.37. The number of carbonyl (C=O) groups is 1. The molecule has 0 bridgehead atoms. The molecule has 0 spiro atoms. The fraction of sp³-hybridized carbons (Fsp3) is 0.909. The monoisotopic (exact) mass is 232 g/mol. The highest BCUT2D eigenvalue weighted by Gasteiger charge is 2.11. The first-order chi connectivity index (χ1) is 7.76. The molecule has 0 aromatic carbocycles. The molecule has 5 nitrogen and oxygen atoms in total. The third kappa shape index (κ3) is 7.62. The van der Waals surface area contributed by atoms with Gasteiger partial charge in [0.2, 0.25) is 5.91 Å². The molecule has 2 N–H and O–H groups in total. The molecular weight excluding hydrogens is 208 g/mol. The lowest BCUT2D eigenvalue weighted by Gasteiger charge is -2.22. The van der Waals surface area contributed by atoms with Crippen LogP contribution in [0.25, 0.3) is 0 Å². The number of rotatable bonds is 10. The molecule has 5 heteroatoms. The van der Waals surface area contributed by atoms with E-state index in [9.17, 15) is 4.79 Å². The van der Waals surface area contributed by atoms with Gasteiger partial charge >= 0.3 is 0 Å². The Kier molecular flexibility index (Phi) is 10.4. The van der Waals surface area contributed by atoms with E-state index in [2.05, 4.69) is 0 Å². The molecule has 0 aromatic heterocycles. The van der Waals surface area contributed by atoms with Crippen LogP contribution in [0.3, 0.4) is 0 Å². The predicted octanol–water partition coefficient (Wildman–Crippen LogP) is 0.237. The Bertz CT molecular complexity index is 169. The molecule has 0 rings (SSSR count). The second-order valence-electron chi connectivity index (χ2n) is 3.61. The van der Waals surface area contributed by atoms with Crippen LogP contribution in [0.4, 0.5) is 0 Å². The maximum atomic E-state index is 11.8. The third-order valence-corrected chi connectivity index (χ3v) is 2.29. The van der Waals surface area contributed by atoms with Crippen LogP contribution in [0.2, 0.25) is 0 Å². The summed E-state index contributed by atoms with van der Waals surface area (Å²) in [6.45, 7) is 3.16. The maximum absolute atomic E-state index is 11.8. The normalized spacial score (nSPS) is 10.4. The lowest BCUT2D eigenvalue weighted by atomic mass is 10.2. The van der Waals surface area contributed by atoms with E-state index >= 15 is 0 Å². The van der Waals surface area contributed by atoms with E-state index in [0.29, 0.717) is 39.3 Å². The van der Waals surface area contributed by atoms with Gasteiger partial charge in [0.25, 0.3) is 0 Å². The van der Waals surface area contributed by atoms with Crippen molar-refractivity contribution in [3.8, 4) is 0 Å². The van der Waals surface area contributed by atoms with E-state index in [4.69, 9.17) is 15.2 Å². The summed E-state index contributed by atoms with van der Waals surface area (Å²) in [7, 11) is 3.28. The van der Waals surface area contributed by atoms with E-state index in [-0.39, 0.29) is 5.91 Å². The summed E-state index contributed by atoms with van der Waals surface area (Å²) in [6, 6.07) is 0. The van der Waals surface area contributed by atoms with Crippen LogP contribution in [-0.2, 0) is 14.3 Å². The summed E-state index contributed by atoms with van der Waals surface area (Å²) in [5.74, 6) is 0.155. The van der Waals surface area contributed by atoms with Crippen molar-refractivity contribution in [3.63, 3.8) is 0 Å². The average molecular weight is 232 g/mol. The van der Waals surface area contributed by atoms with Crippen molar-refractivity contribution in [3.05, 3.63) is 0 Å². The number of hydrogen-bond donors (Lipinski definition) is 1. The smallest absolute Gasteiger partial charge is 0.222 e. The van der Waals surface area contributed by atoms with Crippen LogP contribution < -0.4 is 5.73 Å². The molecule has 0 fully saturated rings. The van der Waals surface area contributed by atoms with Crippen molar-refractivity contribution in [2.24, 2.45) is 5.73 Å². The molecule has 0 atom stereocenters. The molecule has 96 valence electrons. The predicted molar refractivity (Wildman–Crippen MR) is 63.2 cm³/mol. The van der Waals surface area contributed by atoms with E-state index in [1.807, 2.05) is 4.90 Å². The number of carbonyl (C=O) groups excluding carboxylic acids is 1. The van der Waals surface area contributed by atoms with Gasteiger partial charge in [0.1, 0.15) is 0 Å². The molecule has 0 unspecified atom stereocenters. The molecular formula is C11H24N2O3. The number of amides is 1. The van der Waals surface area contributed by atoms with E-state index in [1.54, 1.807) is 14.2 Å². The van der Waals surface area contributed by atoms with Gasteiger partial charge in [-0.3, -0.25) is 4.79 Å². The van der Waals surface area contributed by atoms with Gasteiger partial charge in [0.05, 0.1) is 6.61 Å². The van der Waals surface area contributed by atoms with Crippen molar-refractivity contribution >= 4 is 5.91 Å².